The SMILES string of the molecule is CCc1nc(N2CCc3ncsc3C2)c2scc(C)c2n1. The average molecular weight is 316 g/mol. The Kier molecular flexibility index (Phi) is 3.15. The number of thiophene rings is 1. The molecule has 0 spiro atoms. The number of fused-ring (bicyclic) bond motifs is 2. The molecule has 4 heterocycles. The van der Waals surface area contributed by atoms with Gasteiger partial charge in [-0.1, -0.05) is 6.92 Å². The van der Waals surface area contributed by atoms with Crippen molar-refractivity contribution in [2.24, 2.45) is 0 Å². The average Bonchev–Trinajstić information content (AvgIpc) is 3.12. The Labute approximate surface area is 131 Å². The van der Waals surface area contributed by atoms with Crippen LogP contribution in [0.4, 0.5) is 5.82 Å². The molecule has 3 aromatic heterocycles. The first-order valence-electron chi connectivity index (χ1n) is 7.17. The smallest absolute Gasteiger partial charge is 0.150 e. The molecular weight excluding hydrogens is 300 g/mol. The Morgan fingerprint density at radius 2 is 2.19 bits per heavy atom. The van der Waals surface area contributed by atoms with Crippen molar-refractivity contribution in [3.8, 4) is 0 Å². The standard InChI is InChI=1S/C15H16N4S2/c1-3-12-17-13-9(2)7-20-14(13)15(18-12)19-5-4-10-11(6-19)21-8-16-10/h7-8H,3-6H2,1-2H3. The summed E-state index contributed by atoms with van der Waals surface area (Å²) in [6.45, 7) is 6.16. The number of thiazole rings is 1. The molecule has 1 aliphatic rings. The van der Waals surface area contributed by atoms with Crippen LogP contribution in [0, 0.1) is 6.92 Å². The highest BCUT2D eigenvalue weighted by molar-refractivity contribution is 7.18. The summed E-state index contributed by atoms with van der Waals surface area (Å²) in [6, 6.07) is 0. The minimum atomic E-state index is 0.873. The first-order chi connectivity index (χ1) is 10.3. The van der Waals surface area contributed by atoms with Crippen LogP contribution in [-0.2, 0) is 19.4 Å². The maximum Gasteiger partial charge on any atom is 0.150 e. The predicted octanol–water partition coefficient (Wildman–Crippen LogP) is 3.58. The van der Waals surface area contributed by atoms with Crippen molar-refractivity contribution in [1.29, 1.82) is 0 Å². The predicted molar refractivity (Wildman–Crippen MR) is 88.4 cm³/mol. The molecule has 21 heavy (non-hydrogen) atoms. The van der Waals surface area contributed by atoms with Crippen LogP contribution in [0.5, 0.6) is 0 Å². The van der Waals surface area contributed by atoms with E-state index in [0.29, 0.717) is 0 Å². The molecule has 0 fully saturated rings. The molecule has 3 aromatic rings. The Bertz CT molecular complexity index is 805. The van der Waals surface area contributed by atoms with Crippen LogP contribution >= 0.6 is 22.7 Å². The lowest BCUT2D eigenvalue weighted by Crippen LogP contribution is -2.30. The van der Waals surface area contributed by atoms with E-state index in [-0.39, 0.29) is 0 Å². The van der Waals surface area contributed by atoms with Crippen molar-refractivity contribution in [2.45, 2.75) is 33.2 Å². The fourth-order valence-electron chi connectivity index (χ4n) is 2.74. The topological polar surface area (TPSA) is 41.9 Å². The number of anilines is 1. The molecule has 0 saturated carbocycles. The van der Waals surface area contributed by atoms with Gasteiger partial charge in [0.15, 0.2) is 5.82 Å². The highest BCUT2D eigenvalue weighted by Crippen LogP contribution is 2.34. The van der Waals surface area contributed by atoms with Gasteiger partial charge in [0.1, 0.15) is 5.82 Å². The summed E-state index contributed by atoms with van der Waals surface area (Å²) in [5.74, 6) is 2.04. The lowest BCUT2D eigenvalue weighted by molar-refractivity contribution is 0.717. The summed E-state index contributed by atoms with van der Waals surface area (Å²) in [5.41, 5.74) is 5.59. The Morgan fingerprint density at radius 3 is 3.05 bits per heavy atom. The van der Waals surface area contributed by atoms with Gasteiger partial charge in [-0.05, 0) is 17.9 Å². The molecule has 108 valence electrons. The van der Waals surface area contributed by atoms with E-state index >= 15 is 0 Å². The zero-order chi connectivity index (χ0) is 14.4. The minimum absolute atomic E-state index is 0.873. The van der Waals surface area contributed by atoms with Gasteiger partial charge in [-0.25, -0.2) is 15.0 Å². The van der Waals surface area contributed by atoms with E-state index in [9.17, 15) is 0 Å². The lowest BCUT2D eigenvalue weighted by Gasteiger charge is -2.27. The fraction of sp³-hybridized carbons (Fsp3) is 0.400. The molecular formula is C15H16N4S2. The monoisotopic (exact) mass is 316 g/mol. The molecule has 0 radical (unpaired) electrons. The van der Waals surface area contributed by atoms with Crippen LogP contribution in [0.2, 0.25) is 0 Å². The maximum atomic E-state index is 4.82. The van der Waals surface area contributed by atoms with Crippen molar-refractivity contribution in [2.75, 3.05) is 11.4 Å². The molecule has 0 saturated heterocycles. The summed E-state index contributed by atoms with van der Waals surface area (Å²) in [6.07, 6.45) is 1.88. The Balaban J connectivity index is 1.83. The van der Waals surface area contributed by atoms with Gasteiger partial charge in [0, 0.05) is 24.3 Å². The normalized spacial score (nSPS) is 14.7. The number of aromatic nitrogens is 3. The maximum absolute atomic E-state index is 4.82. The molecule has 0 unspecified atom stereocenters. The van der Waals surface area contributed by atoms with Gasteiger partial charge in [0.2, 0.25) is 0 Å². The Morgan fingerprint density at radius 1 is 1.29 bits per heavy atom. The van der Waals surface area contributed by atoms with Gasteiger partial charge in [0.05, 0.1) is 28.0 Å². The fourth-order valence-corrected chi connectivity index (χ4v) is 4.57. The van der Waals surface area contributed by atoms with E-state index in [0.717, 1.165) is 43.1 Å². The second-order valence-electron chi connectivity index (χ2n) is 5.31. The van der Waals surface area contributed by atoms with E-state index in [4.69, 9.17) is 9.97 Å². The van der Waals surface area contributed by atoms with Gasteiger partial charge in [-0.15, -0.1) is 22.7 Å². The number of aryl methyl sites for hydroxylation is 2. The summed E-state index contributed by atoms with van der Waals surface area (Å²) in [4.78, 5) is 17.7. The van der Waals surface area contributed by atoms with Crippen LogP contribution < -0.4 is 4.90 Å². The molecule has 0 amide bonds. The summed E-state index contributed by atoms with van der Waals surface area (Å²) in [5, 5.41) is 2.18. The first-order valence-corrected chi connectivity index (χ1v) is 8.93. The molecule has 1 aliphatic heterocycles. The number of hydrogen-bond acceptors (Lipinski definition) is 6. The van der Waals surface area contributed by atoms with Crippen molar-refractivity contribution < 1.29 is 0 Å². The molecule has 0 N–H and O–H groups in total. The Hall–Kier alpha value is -1.53. The van der Waals surface area contributed by atoms with Gasteiger partial charge < -0.3 is 4.90 Å². The van der Waals surface area contributed by atoms with E-state index < -0.39 is 0 Å². The molecule has 0 atom stereocenters. The van der Waals surface area contributed by atoms with Crippen LogP contribution in [-0.4, -0.2) is 21.5 Å². The minimum Gasteiger partial charge on any atom is -0.350 e. The molecule has 0 bridgehead atoms. The molecule has 6 heteroatoms. The van der Waals surface area contributed by atoms with Crippen molar-refractivity contribution in [1.82, 2.24) is 15.0 Å². The zero-order valence-corrected chi connectivity index (χ0v) is 13.7. The third-order valence-electron chi connectivity index (χ3n) is 3.92. The second-order valence-corrected chi connectivity index (χ2v) is 7.13. The lowest BCUT2D eigenvalue weighted by atomic mass is 10.2. The highest BCUT2D eigenvalue weighted by atomic mass is 32.1. The molecule has 4 rings (SSSR count). The van der Waals surface area contributed by atoms with Gasteiger partial charge in [-0.2, -0.15) is 0 Å². The summed E-state index contributed by atoms with van der Waals surface area (Å²) < 4.78 is 1.22. The van der Waals surface area contributed by atoms with Crippen LogP contribution in [0.3, 0.4) is 0 Å². The van der Waals surface area contributed by atoms with E-state index in [2.05, 4.69) is 29.1 Å². The largest absolute Gasteiger partial charge is 0.350 e. The van der Waals surface area contributed by atoms with E-state index in [1.54, 1.807) is 22.7 Å². The van der Waals surface area contributed by atoms with Crippen LogP contribution in [0.15, 0.2) is 10.9 Å². The van der Waals surface area contributed by atoms with Crippen LogP contribution in [0.25, 0.3) is 10.2 Å². The number of rotatable bonds is 2. The first kappa shape index (κ1) is 13.2. The van der Waals surface area contributed by atoms with Gasteiger partial charge >= 0.3 is 0 Å². The third-order valence-corrected chi connectivity index (χ3v) is 5.86. The van der Waals surface area contributed by atoms with Gasteiger partial charge in [0.25, 0.3) is 0 Å². The highest BCUT2D eigenvalue weighted by Gasteiger charge is 2.23. The summed E-state index contributed by atoms with van der Waals surface area (Å²) in [7, 11) is 0. The zero-order valence-electron chi connectivity index (χ0n) is 12.1. The van der Waals surface area contributed by atoms with Crippen molar-refractivity contribution >= 4 is 38.7 Å². The van der Waals surface area contributed by atoms with Gasteiger partial charge in [-0.3, -0.25) is 0 Å². The van der Waals surface area contributed by atoms with Crippen molar-refractivity contribution in [3.05, 3.63) is 32.8 Å². The second kappa shape index (κ2) is 5.03. The van der Waals surface area contributed by atoms with Crippen molar-refractivity contribution in [3.63, 3.8) is 0 Å². The quantitative estimate of drug-likeness (QED) is 0.724. The van der Waals surface area contributed by atoms with E-state index in [1.807, 2.05) is 5.51 Å². The molecule has 0 aromatic carbocycles. The van der Waals surface area contributed by atoms with Crippen LogP contribution in [0.1, 0.15) is 28.9 Å². The molecule has 4 nitrogen and oxygen atoms in total. The summed E-state index contributed by atoms with van der Waals surface area (Å²) >= 11 is 3.51. The van der Waals surface area contributed by atoms with E-state index in [1.165, 1.54) is 20.8 Å². The number of nitrogens with zero attached hydrogens (tertiary/aromatic N) is 4. The number of hydrogen-bond donors (Lipinski definition) is 0. The third kappa shape index (κ3) is 2.13. The molecule has 0 aliphatic carbocycles.